The van der Waals surface area contributed by atoms with Crippen LogP contribution in [0, 0.1) is 6.92 Å². The molecule has 15 heavy (non-hydrogen) atoms. The molecule has 3 nitrogen and oxygen atoms in total. The molecule has 0 aliphatic carbocycles. The van der Waals surface area contributed by atoms with Gasteiger partial charge in [-0.25, -0.2) is 4.98 Å². The molecule has 1 unspecified atom stereocenters. The van der Waals surface area contributed by atoms with E-state index in [0.29, 0.717) is 12.5 Å². The minimum absolute atomic E-state index is 0.245. The highest BCUT2D eigenvalue weighted by atomic mass is 35.5. The molecule has 0 bridgehead atoms. The molecule has 1 fully saturated rings. The van der Waals surface area contributed by atoms with Gasteiger partial charge in [-0.2, -0.15) is 0 Å². The highest BCUT2D eigenvalue weighted by Gasteiger charge is 2.23. The van der Waals surface area contributed by atoms with E-state index in [0.717, 1.165) is 19.0 Å². The molecule has 2 rings (SSSR count). The van der Waals surface area contributed by atoms with Crippen molar-refractivity contribution in [3.63, 3.8) is 0 Å². The molecular weight excluding hydrogens is 212 g/mol. The van der Waals surface area contributed by atoms with Gasteiger partial charge in [0, 0.05) is 18.6 Å². The topological polar surface area (TPSA) is 25.4 Å². The van der Waals surface area contributed by atoms with Gasteiger partial charge in [-0.05, 0) is 24.6 Å². The predicted octanol–water partition coefficient (Wildman–Crippen LogP) is 1.83. The fraction of sp³-hybridized carbons (Fsp3) is 0.545. The number of halogens is 1. The van der Waals surface area contributed by atoms with Crippen molar-refractivity contribution < 1.29 is 4.74 Å². The van der Waals surface area contributed by atoms with Crippen molar-refractivity contribution in [2.24, 2.45) is 0 Å². The number of alkyl halides is 1. The van der Waals surface area contributed by atoms with Crippen LogP contribution in [0.1, 0.15) is 5.56 Å². The van der Waals surface area contributed by atoms with E-state index in [4.69, 9.17) is 16.3 Å². The Morgan fingerprint density at radius 1 is 1.67 bits per heavy atom. The molecule has 1 saturated heterocycles. The van der Waals surface area contributed by atoms with Gasteiger partial charge in [-0.15, -0.1) is 11.6 Å². The van der Waals surface area contributed by atoms with Gasteiger partial charge in [0.15, 0.2) is 0 Å². The summed E-state index contributed by atoms with van der Waals surface area (Å²) in [5.41, 5.74) is 1.22. The summed E-state index contributed by atoms with van der Waals surface area (Å²) in [5, 5.41) is 0. The summed E-state index contributed by atoms with van der Waals surface area (Å²) in [6.07, 6.45) is 1.84. The minimum Gasteiger partial charge on any atom is -0.377 e. The van der Waals surface area contributed by atoms with E-state index in [1.807, 2.05) is 12.3 Å². The molecule has 0 N–H and O–H groups in total. The van der Waals surface area contributed by atoms with Crippen molar-refractivity contribution in [2.75, 3.05) is 30.5 Å². The molecule has 0 saturated carbocycles. The smallest absolute Gasteiger partial charge is 0.129 e. The molecular formula is C11H15ClN2O. The van der Waals surface area contributed by atoms with Crippen LogP contribution in [-0.4, -0.2) is 36.7 Å². The monoisotopic (exact) mass is 226 g/mol. The van der Waals surface area contributed by atoms with Crippen molar-refractivity contribution in [2.45, 2.75) is 13.0 Å². The van der Waals surface area contributed by atoms with Crippen LogP contribution in [-0.2, 0) is 4.74 Å². The highest BCUT2D eigenvalue weighted by molar-refractivity contribution is 6.18. The maximum atomic E-state index is 5.92. The van der Waals surface area contributed by atoms with Crippen LogP contribution in [0.5, 0.6) is 0 Å². The average Bonchev–Trinajstić information content (AvgIpc) is 2.29. The van der Waals surface area contributed by atoms with Crippen molar-refractivity contribution >= 4 is 17.4 Å². The number of ether oxygens (including phenoxy) is 1. The van der Waals surface area contributed by atoms with Gasteiger partial charge in [0.2, 0.25) is 0 Å². The zero-order chi connectivity index (χ0) is 10.7. The second-order valence-corrected chi connectivity index (χ2v) is 4.08. The van der Waals surface area contributed by atoms with Gasteiger partial charge >= 0.3 is 0 Å². The molecule has 0 amide bonds. The maximum Gasteiger partial charge on any atom is 0.129 e. The van der Waals surface area contributed by atoms with Crippen LogP contribution in [0.25, 0.3) is 0 Å². The molecule has 0 spiro atoms. The zero-order valence-electron chi connectivity index (χ0n) is 8.82. The molecule has 82 valence electrons. The van der Waals surface area contributed by atoms with Crippen molar-refractivity contribution in [1.29, 1.82) is 0 Å². The molecule has 1 aromatic rings. The molecule has 1 aliphatic rings. The quantitative estimate of drug-likeness (QED) is 0.720. The SMILES string of the molecule is Cc1ccnc(N2CCOCC2CCl)c1. The van der Waals surface area contributed by atoms with Gasteiger partial charge in [0.25, 0.3) is 0 Å². The third-order valence-electron chi connectivity index (χ3n) is 2.60. The second-order valence-electron chi connectivity index (χ2n) is 3.77. The molecule has 2 heterocycles. The summed E-state index contributed by atoms with van der Waals surface area (Å²) in [6, 6.07) is 4.33. The maximum absolute atomic E-state index is 5.92. The first-order valence-electron chi connectivity index (χ1n) is 5.14. The highest BCUT2D eigenvalue weighted by Crippen LogP contribution is 2.18. The Balaban J connectivity index is 2.20. The molecule has 0 radical (unpaired) electrons. The summed E-state index contributed by atoms with van der Waals surface area (Å²) in [6.45, 7) is 4.39. The number of nitrogens with zero attached hydrogens (tertiary/aromatic N) is 2. The van der Waals surface area contributed by atoms with Crippen LogP contribution < -0.4 is 4.90 Å². The second kappa shape index (κ2) is 4.81. The number of hydrogen-bond donors (Lipinski definition) is 0. The molecule has 0 aromatic carbocycles. The van der Waals surface area contributed by atoms with Gasteiger partial charge in [0.05, 0.1) is 19.3 Å². The Hall–Kier alpha value is -0.800. The lowest BCUT2D eigenvalue weighted by Crippen LogP contribution is -2.47. The van der Waals surface area contributed by atoms with E-state index in [2.05, 4.69) is 22.9 Å². The predicted molar refractivity (Wildman–Crippen MR) is 61.6 cm³/mol. The Morgan fingerprint density at radius 2 is 2.53 bits per heavy atom. The normalized spacial score (nSPS) is 21.7. The largest absolute Gasteiger partial charge is 0.377 e. The Morgan fingerprint density at radius 3 is 3.27 bits per heavy atom. The Bertz CT molecular complexity index is 332. The number of morpholine rings is 1. The minimum atomic E-state index is 0.245. The fourth-order valence-corrected chi connectivity index (χ4v) is 2.02. The zero-order valence-corrected chi connectivity index (χ0v) is 9.57. The molecule has 4 heteroatoms. The Kier molecular flexibility index (Phi) is 3.44. The molecule has 1 aliphatic heterocycles. The number of anilines is 1. The van der Waals surface area contributed by atoms with Crippen LogP contribution >= 0.6 is 11.6 Å². The van der Waals surface area contributed by atoms with Crippen LogP contribution in [0.4, 0.5) is 5.82 Å². The summed E-state index contributed by atoms with van der Waals surface area (Å²) < 4.78 is 5.40. The third-order valence-corrected chi connectivity index (χ3v) is 2.96. The van der Waals surface area contributed by atoms with E-state index < -0.39 is 0 Å². The lowest BCUT2D eigenvalue weighted by atomic mass is 10.2. The van der Waals surface area contributed by atoms with Gasteiger partial charge in [-0.3, -0.25) is 0 Å². The van der Waals surface area contributed by atoms with Crippen LogP contribution in [0.15, 0.2) is 18.3 Å². The lowest BCUT2D eigenvalue weighted by Gasteiger charge is -2.35. The Labute approximate surface area is 95.0 Å². The average molecular weight is 227 g/mol. The third kappa shape index (κ3) is 2.41. The summed E-state index contributed by atoms with van der Waals surface area (Å²) in [7, 11) is 0. The number of rotatable bonds is 2. The lowest BCUT2D eigenvalue weighted by molar-refractivity contribution is 0.0994. The first kappa shape index (κ1) is 10.7. The first-order chi connectivity index (χ1) is 7.31. The van der Waals surface area contributed by atoms with E-state index in [-0.39, 0.29) is 6.04 Å². The number of aryl methyl sites for hydroxylation is 1. The van der Waals surface area contributed by atoms with Crippen LogP contribution in [0.2, 0.25) is 0 Å². The van der Waals surface area contributed by atoms with Crippen molar-refractivity contribution in [1.82, 2.24) is 4.98 Å². The van der Waals surface area contributed by atoms with Gasteiger partial charge in [0.1, 0.15) is 5.82 Å². The van der Waals surface area contributed by atoms with E-state index in [1.165, 1.54) is 5.56 Å². The summed E-state index contributed by atoms with van der Waals surface area (Å²) in [4.78, 5) is 6.60. The van der Waals surface area contributed by atoms with Gasteiger partial charge < -0.3 is 9.64 Å². The number of aromatic nitrogens is 1. The van der Waals surface area contributed by atoms with Gasteiger partial charge in [-0.1, -0.05) is 0 Å². The summed E-state index contributed by atoms with van der Waals surface area (Å²) >= 11 is 5.92. The fourth-order valence-electron chi connectivity index (χ4n) is 1.76. The van der Waals surface area contributed by atoms with E-state index in [1.54, 1.807) is 0 Å². The van der Waals surface area contributed by atoms with E-state index >= 15 is 0 Å². The molecule has 1 atom stereocenters. The first-order valence-corrected chi connectivity index (χ1v) is 5.67. The number of hydrogen-bond acceptors (Lipinski definition) is 3. The van der Waals surface area contributed by atoms with E-state index in [9.17, 15) is 0 Å². The van der Waals surface area contributed by atoms with Crippen molar-refractivity contribution in [3.8, 4) is 0 Å². The number of pyridine rings is 1. The summed E-state index contributed by atoms with van der Waals surface area (Å²) in [5.74, 6) is 1.58. The molecule has 1 aromatic heterocycles. The van der Waals surface area contributed by atoms with Crippen LogP contribution in [0.3, 0.4) is 0 Å². The van der Waals surface area contributed by atoms with Crippen molar-refractivity contribution in [3.05, 3.63) is 23.9 Å². The standard InChI is InChI=1S/C11H15ClN2O/c1-9-2-3-13-11(6-9)14-4-5-15-8-10(14)7-12/h2-3,6,10H,4-5,7-8H2,1H3.